The molecular weight excluding hydrogens is 253 g/mol. The van der Waals surface area contributed by atoms with Crippen LogP contribution in [0, 0.1) is 5.82 Å². The monoisotopic (exact) mass is 261 g/mol. The predicted octanol–water partition coefficient (Wildman–Crippen LogP) is 2.22. The zero-order valence-electron chi connectivity index (χ0n) is 7.30. The molecule has 0 radical (unpaired) electrons. The van der Waals surface area contributed by atoms with Crippen molar-refractivity contribution in [2.45, 2.75) is 6.42 Å². The summed E-state index contributed by atoms with van der Waals surface area (Å²) in [6, 6.07) is 4.21. The van der Waals surface area contributed by atoms with Gasteiger partial charge in [-0.05, 0) is 18.1 Å². The van der Waals surface area contributed by atoms with Crippen LogP contribution in [0.2, 0.25) is 0 Å². The van der Waals surface area contributed by atoms with Crippen LogP contribution in [-0.2, 0) is 6.42 Å². The summed E-state index contributed by atoms with van der Waals surface area (Å²) in [6.45, 7) is 0. The molecule has 0 unspecified atom stereocenters. The molecule has 0 aromatic heterocycles. The minimum Gasteiger partial charge on any atom is -0.410 e. The van der Waals surface area contributed by atoms with Crippen LogP contribution >= 0.6 is 15.9 Å². The Morgan fingerprint density at radius 3 is 2.79 bits per heavy atom. The predicted molar refractivity (Wildman–Crippen MR) is 54.1 cm³/mol. The second-order valence-corrected chi connectivity index (χ2v) is 3.41. The number of ether oxygens (including phenoxy) is 1. The van der Waals surface area contributed by atoms with E-state index in [-0.39, 0.29) is 5.75 Å². The number of carbonyl (C=O) groups excluding carboxylic acids is 1. The Bertz CT molecular complexity index is 344. The largest absolute Gasteiger partial charge is 0.410 e. The highest BCUT2D eigenvalue weighted by Crippen LogP contribution is 2.17. The number of hydrogen-bond donors (Lipinski definition) is 1. The first-order chi connectivity index (χ1) is 6.63. The molecule has 0 aliphatic heterocycles. The van der Waals surface area contributed by atoms with Crippen LogP contribution in [0.15, 0.2) is 18.2 Å². The van der Waals surface area contributed by atoms with E-state index in [0.717, 1.165) is 6.07 Å². The minimum absolute atomic E-state index is 0.119. The maximum Gasteiger partial charge on any atom is 0.409 e. The molecule has 0 saturated carbocycles. The van der Waals surface area contributed by atoms with Crippen molar-refractivity contribution in [3.63, 3.8) is 0 Å². The van der Waals surface area contributed by atoms with Crippen molar-refractivity contribution < 1.29 is 13.9 Å². The lowest BCUT2D eigenvalue weighted by Crippen LogP contribution is -2.16. The van der Waals surface area contributed by atoms with E-state index >= 15 is 0 Å². The molecule has 0 spiro atoms. The summed E-state index contributed by atoms with van der Waals surface area (Å²) in [7, 11) is 0. The normalized spacial score (nSPS) is 9.86. The number of aryl methyl sites for hydroxylation is 1. The van der Waals surface area contributed by atoms with Gasteiger partial charge in [-0.15, -0.1) is 0 Å². The molecule has 1 amide bonds. The fourth-order valence-corrected chi connectivity index (χ4v) is 1.44. The first kappa shape index (κ1) is 11.0. The molecule has 0 aliphatic rings. The zero-order valence-corrected chi connectivity index (χ0v) is 8.88. The number of benzene rings is 1. The fraction of sp³-hybridized carbons (Fsp3) is 0.222. The van der Waals surface area contributed by atoms with Gasteiger partial charge in [-0.2, -0.15) is 0 Å². The van der Waals surface area contributed by atoms with Gasteiger partial charge < -0.3 is 10.5 Å². The summed E-state index contributed by atoms with van der Waals surface area (Å²) < 4.78 is 17.7. The van der Waals surface area contributed by atoms with Crippen LogP contribution < -0.4 is 10.5 Å². The Kier molecular flexibility index (Phi) is 3.88. The van der Waals surface area contributed by atoms with E-state index in [1.165, 1.54) is 6.07 Å². The third-order valence-corrected chi connectivity index (χ3v) is 2.00. The topological polar surface area (TPSA) is 52.3 Å². The Morgan fingerprint density at radius 1 is 1.57 bits per heavy atom. The molecule has 1 rings (SSSR count). The molecule has 0 bridgehead atoms. The van der Waals surface area contributed by atoms with E-state index in [2.05, 4.69) is 20.7 Å². The van der Waals surface area contributed by atoms with Gasteiger partial charge in [0.05, 0.1) is 0 Å². The molecular formula is C9H9BrFNO2. The fourth-order valence-electron chi connectivity index (χ4n) is 1.01. The maximum atomic E-state index is 13.2. The van der Waals surface area contributed by atoms with Crippen LogP contribution in [0.25, 0.3) is 0 Å². The maximum absolute atomic E-state index is 13.2. The number of halogens is 2. The molecule has 76 valence electrons. The van der Waals surface area contributed by atoms with Crippen molar-refractivity contribution in [3.8, 4) is 5.75 Å². The Labute approximate surface area is 89.2 Å². The Morgan fingerprint density at radius 2 is 2.29 bits per heavy atom. The SMILES string of the molecule is NC(=O)Oc1ccc(CCBr)c(F)c1. The molecule has 5 heteroatoms. The summed E-state index contributed by atoms with van der Waals surface area (Å²) in [6.07, 6.45) is -0.361. The summed E-state index contributed by atoms with van der Waals surface area (Å²) in [5, 5.41) is 0.680. The van der Waals surface area contributed by atoms with Crippen molar-refractivity contribution in [3.05, 3.63) is 29.6 Å². The van der Waals surface area contributed by atoms with E-state index in [1.54, 1.807) is 6.07 Å². The van der Waals surface area contributed by atoms with E-state index in [0.29, 0.717) is 17.3 Å². The van der Waals surface area contributed by atoms with E-state index in [4.69, 9.17) is 5.73 Å². The quantitative estimate of drug-likeness (QED) is 0.849. The van der Waals surface area contributed by atoms with Crippen LogP contribution in [-0.4, -0.2) is 11.4 Å². The number of alkyl halides is 1. The molecule has 14 heavy (non-hydrogen) atoms. The third kappa shape index (κ3) is 2.99. The highest BCUT2D eigenvalue weighted by molar-refractivity contribution is 9.09. The average molecular weight is 262 g/mol. The average Bonchev–Trinajstić information content (AvgIpc) is 2.09. The molecule has 3 nitrogen and oxygen atoms in total. The molecule has 0 atom stereocenters. The first-order valence-corrected chi connectivity index (χ1v) is 5.07. The Balaban J connectivity index is 2.83. The van der Waals surface area contributed by atoms with Crippen molar-refractivity contribution in [2.75, 3.05) is 5.33 Å². The molecule has 2 N–H and O–H groups in total. The zero-order chi connectivity index (χ0) is 10.6. The van der Waals surface area contributed by atoms with Crippen molar-refractivity contribution in [2.24, 2.45) is 5.73 Å². The highest BCUT2D eigenvalue weighted by atomic mass is 79.9. The number of primary amides is 1. The van der Waals surface area contributed by atoms with Gasteiger partial charge in [0.25, 0.3) is 0 Å². The van der Waals surface area contributed by atoms with Crippen molar-refractivity contribution in [1.29, 1.82) is 0 Å². The van der Waals surface area contributed by atoms with Gasteiger partial charge in [0, 0.05) is 11.4 Å². The lowest BCUT2D eigenvalue weighted by molar-refractivity contribution is 0.210. The van der Waals surface area contributed by atoms with Gasteiger partial charge in [-0.3, -0.25) is 0 Å². The third-order valence-electron chi connectivity index (χ3n) is 1.61. The number of rotatable bonds is 3. The van der Waals surface area contributed by atoms with Gasteiger partial charge >= 0.3 is 6.09 Å². The highest BCUT2D eigenvalue weighted by Gasteiger charge is 2.05. The van der Waals surface area contributed by atoms with E-state index in [1.807, 2.05) is 0 Å². The molecule has 0 aliphatic carbocycles. The smallest absolute Gasteiger partial charge is 0.409 e. The number of hydrogen-bond acceptors (Lipinski definition) is 2. The lowest BCUT2D eigenvalue weighted by atomic mass is 10.1. The van der Waals surface area contributed by atoms with Crippen LogP contribution in [0.5, 0.6) is 5.75 Å². The number of nitrogens with two attached hydrogens (primary N) is 1. The molecule has 0 fully saturated rings. The first-order valence-electron chi connectivity index (χ1n) is 3.95. The van der Waals surface area contributed by atoms with Gasteiger partial charge in [-0.1, -0.05) is 22.0 Å². The molecule has 1 aromatic carbocycles. The van der Waals surface area contributed by atoms with Gasteiger partial charge in [0.2, 0.25) is 0 Å². The lowest BCUT2D eigenvalue weighted by Gasteiger charge is -2.03. The van der Waals surface area contributed by atoms with Gasteiger partial charge in [0.1, 0.15) is 11.6 Å². The standard InChI is InChI=1S/C9H9BrFNO2/c10-4-3-6-1-2-7(5-8(6)11)14-9(12)13/h1-2,5H,3-4H2,(H2,12,13). The summed E-state index contributed by atoms with van der Waals surface area (Å²) in [5.41, 5.74) is 5.35. The van der Waals surface area contributed by atoms with Gasteiger partial charge in [0.15, 0.2) is 0 Å². The van der Waals surface area contributed by atoms with E-state index < -0.39 is 11.9 Å². The summed E-state index contributed by atoms with van der Waals surface area (Å²) in [4.78, 5) is 10.4. The molecule has 0 saturated heterocycles. The van der Waals surface area contributed by atoms with Gasteiger partial charge in [-0.25, -0.2) is 9.18 Å². The van der Waals surface area contributed by atoms with Crippen molar-refractivity contribution >= 4 is 22.0 Å². The van der Waals surface area contributed by atoms with Crippen LogP contribution in [0.1, 0.15) is 5.56 Å². The van der Waals surface area contributed by atoms with E-state index in [9.17, 15) is 9.18 Å². The number of amides is 1. The summed E-state index contributed by atoms with van der Waals surface area (Å²) >= 11 is 3.21. The minimum atomic E-state index is -0.947. The van der Waals surface area contributed by atoms with Crippen LogP contribution in [0.3, 0.4) is 0 Å². The summed E-state index contributed by atoms with van der Waals surface area (Å²) in [5.74, 6) is -0.281. The second kappa shape index (κ2) is 4.95. The Hall–Kier alpha value is -1.10. The second-order valence-electron chi connectivity index (χ2n) is 2.61. The molecule has 0 heterocycles. The van der Waals surface area contributed by atoms with Crippen LogP contribution in [0.4, 0.5) is 9.18 Å². The number of carbonyl (C=O) groups is 1. The molecule has 1 aromatic rings. The van der Waals surface area contributed by atoms with Crippen molar-refractivity contribution in [1.82, 2.24) is 0 Å².